The Morgan fingerprint density at radius 3 is 2.90 bits per heavy atom. The minimum Gasteiger partial charge on any atom is -0.330 e. The van der Waals surface area contributed by atoms with E-state index < -0.39 is 0 Å². The summed E-state index contributed by atoms with van der Waals surface area (Å²) in [6.45, 7) is 2.08. The maximum atomic E-state index is 4.66. The van der Waals surface area contributed by atoms with Crippen molar-refractivity contribution >= 4 is 43.3 Å². The maximum Gasteiger partial charge on any atom is 0.188 e. The predicted octanol–water partition coefficient (Wildman–Crippen LogP) is 4.90. The minimum absolute atomic E-state index is 0.897. The molecule has 102 valence electrons. The van der Waals surface area contributed by atoms with Crippen LogP contribution >= 0.6 is 11.3 Å². The fourth-order valence-corrected chi connectivity index (χ4v) is 3.27. The van der Waals surface area contributed by atoms with Crippen molar-refractivity contribution in [1.29, 1.82) is 0 Å². The molecular formula is C17H13N3S. The molecule has 0 radical (unpaired) electrons. The number of rotatable bonds is 2. The number of aryl methyl sites for hydroxylation is 1. The van der Waals surface area contributed by atoms with Crippen LogP contribution in [0.2, 0.25) is 0 Å². The molecule has 0 spiro atoms. The number of nitrogens with one attached hydrogen (secondary N) is 1. The molecule has 4 rings (SSSR count). The molecule has 1 N–H and O–H groups in total. The molecule has 0 atom stereocenters. The van der Waals surface area contributed by atoms with E-state index in [1.807, 2.05) is 24.4 Å². The topological polar surface area (TPSA) is 37.8 Å². The first-order valence-electron chi connectivity index (χ1n) is 6.77. The van der Waals surface area contributed by atoms with Crippen LogP contribution in [0.25, 0.3) is 21.1 Å². The standard InChI is InChI=1S/C17H13N3S/c1-11-7-8-15-14(10-11)20-17(21-15)19-13-6-2-4-12-5-3-9-18-16(12)13/h2-10H,1H3,(H,19,20). The summed E-state index contributed by atoms with van der Waals surface area (Å²) in [5, 5.41) is 5.42. The fourth-order valence-electron chi connectivity index (χ4n) is 2.41. The van der Waals surface area contributed by atoms with Gasteiger partial charge in [-0.05, 0) is 36.8 Å². The van der Waals surface area contributed by atoms with Crippen molar-refractivity contribution < 1.29 is 0 Å². The van der Waals surface area contributed by atoms with Gasteiger partial charge in [-0.3, -0.25) is 4.98 Å². The van der Waals surface area contributed by atoms with E-state index in [0.29, 0.717) is 0 Å². The summed E-state index contributed by atoms with van der Waals surface area (Å²) in [5.41, 5.74) is 4.22. The first kappa shape index (κ1) is 12.3. The molecule has 3 nitrogen and oxygen atoms in total. The number of nitrogens with zero attached hydrogens (tertiary/aromatic N) is 2. The highest BCUT2D eigenvalue weighted by molar-refractivity contribution is 7.22. The number of pyridine rings is 1. The number of para-hydroxylation sites is 1. The quantitative estimate of drug-likeness (QED) is 0.571. The highest BCUT2D eigenvalue weighted by atomic mass is 32.1. The Balaban J connectivity index is 1.79. The SMILES string of the molecule is Cc1ccc2sc(Nc3cccc4cccnc34)nc2c1. The molecule has 2 aromatic carbocycles. The monoisotopic (exact) mass is 291 g/mol. The molecule has 0 amide bonds. The summed E-state index contributed by atoms with van der Waals surface area (Å²) < 4.78 is 1.19. The van der Waals surface area contributed by atoms with Gasteiger partial charge in [-0.15, -0.1) is 0 Å². The molecule has 0 unspecified atom stereocenters. The van der Waals surface area contributed by atoms with E-state index in [9.17, 15) is 0 Å². The lowest BCUT2D eigenvalue weighted by molar-refractivity contribution is 1.39. The van der Waals surface area contributed by atoms with Crippen molar-refractivity contribution in [2.75, 3.05) is 5.32 Å². The maximum absolute atomic E-state index is 4.66. The minimum atomic E-state index is 0.897. The molecule has 0 aliphatic carbocycles. The first-order valence-corrected chi connectivity index (χ1v) is 7.59. The molecule has 2 heterocycles. The highest BCUT2D eigenvalue weighted by Gasteiger charge is 2.07. The number of benzene rings is 2. The number of hydrogen-bond acceptors (Lipinski definition) is 4. The Morgan fingerprint density at radius 2 is 1.95 bits per heavy atom. The van der Waals surface area contributed by atoms with Gasteiger partial charge in [0.1, 0.15) is 0 Å². The van der Waals surface area contributed by atoms with Crippen LogP contribution in [0.15, 0.2) is 54.7 Å². The van der Waals surface area contributed by atoms with Crippen LogP contribution in [-0.2, 0) is 0 Å². The average Bonchev–Trinajstić information content (AvgIpc) is 2.89. The first-order chi connectivity index (χ1) is 10.3. The van der Waals surface area contributed by atoms with E-state index >= 15 is 0 Å². The van der Waals surface area contributed by atoms with Gasteiger partial charge in [0.25, 0.3) is 0 Å². The molecule has 2 aromatic heterocycles. The summed E-state index contributed by atoms with van der Waals surface area (Å²) in [6, 6.07) is 16.5. The van der Waals surface area contributed by atoms with Crippen LogP contribution in [0.4, 0.5) is 10.8 Å². The van der Waals surface area contributed by atoms with Gasteiger partial charge in [0.05, 0.1) is 21.4 Å². The van der Waals surface area contributed by atoms with Gasteiger partial charge in [0, 0.05) is 11.6 Å². The second-order valence-electron chi connectivity index (χ2n) is 5.00. The molecule has 0 saturated carbocycles. The summed E-state index contributed by atoms with van der Waals surface area (Å²) in [7, 11) is 0. The van der Waals surface area contributed by atoms with E-state index in [1.165, 1.54) is 10.3 Å². The van der Waals surface area contributed by atoms with Crippen LogP contribution in [0.1, 0.15) is 5.56 Å². The van der Waals surface area contributed by atoms with Crippen molar-refractivity contribution in [1.82, 2.24) is 9.97 Å². The number of aromatic nitrogens is 2. The highest BCUT2D eigenvalue weighted by Crippen LogP contribution is 2.30. The van der Waals surface area contributed by atoms with Gasteiger partial charge >= 0.3 is 0 Å². The average molecular weight is 291 g/mol. The molecule has 0 fully saturated rings. The van der Waals surface area contributed by atoms with Crippen LogP contribution in [-0.4, -0.2) is 9.97 Å². The number of fused-ring (bicyclic) bond motifs is 2. The van der Waals surface area contributed by atoms with Gasteiger partial charge in [-0.2, -0.15) is 0 Å². The molecule has 0 bridgehead atoms. The zero-order valence-electron chi connectivity index (χ0n) is 11.5. The largest absolute Gasteiger partial charge is 0.330 e. The van der Waals surface area contributed by atoms with Gasteiger partial charge in [0.15, 0.2) is 5.13 Å². The van der Waals surface area contributed by atoms with Crippen molar-refractivity contribution in [3.63, 3.8) is 0 Å². The molecule has 0 saturated heterocycles. The molecule has 0 aliphatic rings. The molecule has 21 heavy (non-hydrogen) atoms. The van der Waals surface area contributed by atoms with E-state index in [0.717, 1.165) is 27.2 Å². The lowest BCUT2D eigenvalue weighted by Gasteiger charge is -2.05. The van der Waals surface area contributed by atoms with Crippen molar-refractivity contribution in [3.8, 4) is 0 Å². The van der Waals surface area contributed by atoms with Gasteiger partial charge in [-0.1, -0.05) is 35.6 Å². The third-order valence-corrected chi connectivity index (χ3v) is 4.37. The molecular weight excluding hydrogens is 278 g/mol. The molecule has 0 aliphatic heterocycles. The van der Waals surface area contributed by atoms with Crippen molar-refractivity contribution in [2.24, 2.45) is 0 Å². The van der Waals surface area contributed by atoms with E-state index in [4.69, 9.17) is 0 Å². The van der Waals surface area contributed by atoms with Gasteiger partial charge < -0.3 is 5.32 Å². The second-order valence-corrected chi connectivity index (χ2v) is 6.03. The lowest BCUT2D eigenvalue weighted by Crippen LogP contribution is -1.91. The fraction of sp³-hybridized carbons (Fsp3) is 0.0588. The predicted molar refractivity (Wildman–Crippen MR) is 89.4 cm³/mol. The Hall–Kier alpha value is -2.46. The summed E-state index contributed by atoms with van der Waals surface area (Å²) in [5.74, 6) is 0. The van der Waals surface area contributed by atoms with Crippen LogP contribution in [0.3, 0.4) is 0 Å². The van der Waals surface area contributed by atoms with Gasteiger partial charge in [0.2, 0.25) is 0 Å². The van der Waals surface area contributed by atoms with Crippen molar-refractivity contribution in [2.45, 2.75) is 6.92 Å². The molecule has 4 aromatic rings. The van der Waals surface area contributed by atoms with Crippen LogP contribution < -0.4 is 5.32 Å². The van der Waals surface area contributed by atoms with E-state index in [1.54, 1.807) is 11.3 Å². The summed E-state index contributed by atoms with van der Waals surface area (Å²) in [4.78, 5) is 9.11. The number of hydrogen-bond donors (Lipinski definition) is 1. The third kappa shape index (κ3) is 2.23. The Morgan fingerprint density at radius 1 is 1.05 bits per heavy atom. The smallest absolute Gasteiger partial charge is 0.188 e. The van der Waals surface area contributed by atoms with Gasteiger partial charge in [-0.25, -0.2) is 4.98 Å². The normalized spacial score (nSPS) is 11.1. The van der Waals surface area contributed by atoms with Crippen molar-refractivity contribution in [3.05, 3.63) is 60.3 Å². The summed E-state index contributed by atoms with van der Waals surface area (Å²) >= 11 is 1.66. The lowest BCUT2D eigenvalue weighted by atomic mass is 10.2. The summed E-state index contributed by atoms with van der Waals surface area (Å²) in [6.07, 6.45) is 1.81. The second kappa shape index (κ2) is 4.82. The van der Waals surface area contributed by atoms with E-state index in [2.05, 4.69) is 52.5 Å². The van der Waals surface area contributed by atoms with E-state index in [-0.39, 0.29) is 0 Å². The zero-order valence-corrected chi connectivity index (χ0v) is 12.3. The number of anilines is 2. The zero-order chi connectivity index (χ0) is 14.2. The Bertz CT molecular complexity index is 938. The van der Waals surface area contributed by atoms with Crippen LogP contribution in [0.5, 0.6) is 0 Å². The Kier molecular flexibility index (Phi) is 2.82. The number of thiazole rings is 1. The van der Waals surface area contributed by atoms with Crippen LogP contribution in [0, 0.1) is 6.92 Å². The Labute approximate surface area is 126 Å². The molecule has 4 heteroatoms. The third-order valence-electron chi connectivity index (χ3n) is 3.42.